The third kappa shape index (κ3) is 6.81. The van der Waals surface area contributed by atoms with Crippen LogP contribution in [0.2, 0.25) is 10.0 Å². The molecule has 2 aromatic heterocycles. The lowest BCUT2D eigenvalue weighted by Gasteiger charge is -2.09. The number of aromatic nitrogens is 3. The van der Waals surface area contributed by atoms with Gasteiger partial charge in [0.15, 0.2) is 6.61 Å². The molecule has 0 atom stereocenters. The number of ether oxygens (including phenoxy) is 1. The van der Waals surface area contributed by atoms with Crippen LogP contribution in [0, 0.1) is 17.4 Å². The summed E-state index contributed by atoms with van der Waals surface area (Å²) in [6, 6.07) is 15.2. The molecule has 0 bridgehead atoms. The van der Waals surface area contributed by atoms with E-state index in [0.29, 0.717) is 15.8 Å². The van der Waals surface area contributed by atoms with Crippen molar-refractivity contribution in [1.29, 1.82) is 0 Å². The molecule has 0 spiro atoms. The van der Waals surface area contributed by atoms with Gasteiger partial charge in [0.05, 0.1) is 17.0 Å². The van der Waals surface area contributed by atoms with Crippen LogP contribution in [0.4, 0.5) is 0 Å². The van der Waals surface area contributed by atoms with E-state index < -0.39 is 0 Å². The standard InChI is InChI=1S/C24H20Cl2IN5O3S/c1-14-9-16(15(2)32(14)19-6-4-18(27)5-7-19)11-28-29-22(33)13-36-24-31-30-23(35-24)12-34-21-8-3-17(25)10-20(21)26/h3-11H,12-13H2,1-2H3,(H,29,33)/b28-11-. The molecule has 12 heteroatoms. The molecule has 4 aromatic rings. The van der Waals surface area contributed by atoms with Gasteiger partial charge in [0.25, 0.3) is 17.0 Å². The van der Waals surface area contributed by atoms with E-state index in [2.05, 4.69) is 72.1 Å². The van der Waals surface area contributed by atoms with Gasteiger partial charge in [0, 0.05) is 31.2 Å². The molecule has 4 rings (SSSR count). The van der Waals surface area contributed by atoms with Gasteiger partial charge in [0.2, 0.25) is 0 Å². The normalized spacial score (nSPS) is 11.2. The maximum absolute atomic E-state index is 12.2. The van der Waals surface area contributed by atoms with Crippen LogP contribution in [0.15, 0.2) is 63.3 Å². The number of carbonyl (C=O) groups is 1. The van der Waals surface area contributed by atoms with E-state index >= 15 is 0 Å². The summed E-state index contributed by atoms with van der Waals surface area (Å²) in [7, 11) is 0. The fourth-order valence-electron chi connectivity index (χ4n) is 3.33. The van der Waals surface area contributed by atoms with Crippen molar-refractivity contribution in [1.82, 2.24) is 20.2 Å². The van der Waals surface area contributed by atoms with Crippen molar-refractivity contribution in [2.45, 2.75) is 25.7 Å². The van der Waals surface area contributed by atoms with Gasteiger partial charge >= 0.3 is 0 Å². The molecule has 2 heterocycles. The van der Waals surface area contributed by atoms with Crippen LogP contribution >= 0.6 is 57.6 Å². The van der Waals surface area contributed by atoms with E-state index in [1.807, 2.05) is 19.9 Å². The summed E-state index contributed by atoms with van der Waals surface area (Å²) >= 11 is 15.3. The maximum Gasteiger partial charge on any atom is 0.277 e. The van der Waals surface area contributed by atoms with E-state index in [1.165, 1.54) is 3.57 Å². The summed E-state index contributed by atoms with van der Waals surface area (Å²) < 4.78 is 14.4. The van der Waals surface area contributed by atoms with E-state index in [1.54, 1.807) is 24.4 Å². The first-order valence-corrected chi connectivity index (χ1v) is 13.4. The van der Waals surface area contributed by atoms with Crippen LogP contribution < -0.4 is 10.2 Å². The highest BCUT2D eigenvalue weighted by Crippen LogP contribution is 2.28. The van der Waals surface area contributed by atoms with Gasteiger partial charge < -0.3 is 13.7 Å². The van der Waals surface area contributed by atoms with Crippen LogP contribution in [0.3, 0.4) is 0 Å². The van der Waals surface area contributed by atoms with Gasteiger partial charge in [-0.05, 0) is 85.0 Å². The summed E-state index contributed by atoms with van der Waals surface area (Å²) in [5.41, 5.74) is 6.63. The largest absolute Gasteiger partial charge is 0.482 e. The van der Waals surface area contributed by atoms with Crippen LogP contribution in [0.25, 0.3) is 5.69 Å². The fraction of sp³-hybridized carbons (Fsp3) is 0.167. The quantitative estimate of drug-likeness (QED) is 0.0997. The van der Waals surface area contributed by atoms with E-state index in [0.717, 1.165) is 34.4 Å². The van der Waals surface area contributed by atoms with Crippen molar-refractivity contribution in [2.24, 2.45) is 5.10 Å². The van der Waals surface area contributed by atoms with Gasteiger partial charge in [-0.25, -0.2) is 5.43 Å². The van der Waals surface area contributed by atoms with E-state index in [9.17, 15) is 4.79 Å². The zero-order valence-electron chi connectivity index (χ0n) is 19.2. The second-order valence-corrected chi connectivity index (χ2v) is 10.6. The van der Waals surface area contributed by atoms with Crippen molar-refractivity contribution in [3.8, 4) is 11.4 Å². The minimum atomic E-state index is -0.299. The minimum Gasteiger partial charge on any atom is -0.482 e. The zero-order valence-corrected chi connectivity index (χ0v) is 23.7. The van der Waals surface area contributed by atoms with Gasteiger partial charge in [-0.2, -0.15) is 5.10 Å². The number of hydrogen-bond donors (Lipinski definition) is 1. The Bertz CT molecular complexity index is 1410. The molecule has 0 aliphatic rings. The lowest BCUT2D eigenvalue weighted by molar-refractivity contribution is -0.118. The molecular formula is C24H20Cl2IN5O3S. The Hall–Kier alpha value is -2.54. The number of carbonyl (C=O) groups excluding carboxylic acids is 1. The molecule has 1 amide bonds. The molecule has 0 aliphatic carbocycles. The van der Waals surface area contributed by atoms with Crippen molar-refractivity contribution >= 4 is 69.7 Å². The summed E-state index contributed by atoms with van der Waals surface area (Å²) in [5.74, 6) is 0.465. The van der Waals surface area contributed by atoms with Crippen LogP contribution in [0.5, 0.6) is 5.75 Å². The lowest BCUT2D eigenvalue weighted by atomic mass is 10.2. The maximum atomic E-state index is 12.2. The zero-order chi connectivity index (χ0) is 25.7. The Morgan fingerprint density at radius 1 is 1.19 bits per heavy atom. The highest BCUT2D eigenvalue weighted by molar-refractivity contribution is 14.1. The second kappa shape index (κ2) is 12.1. The smallest absolute Gasteiger partial charge is 0.277 e. The van der Waals surface area contributed by atoms with Crippen molar-refractivity contribution in [3.63, 3.8) is 0 Å². The Morgan fingerprint density at radius 2 is 1.97 bits per heavy atom. The highest BCUT2D eigenvalue weighted by Gasteiger charge is 2.12. The van der Waals surface area contributed by atoms with Gasteiger partial charge in [0.1, 0.15) is 5.75 Å². The summed E-state index contributed by atoms with van der Waals surface area (Å²) in [6.45, 7) is 4.08. The Labute approximate surface area is 235 Å². The number of thioether (sulfide) groups is 1. The van der Waals surface area contributed by atoms with Gasteiger partial charge in [-0.15, -0.1) is 10.2 Å². The van der Waals surface area contributed by atoms with Crippen molar-refractivity contribution < 1.29 is 13.9 Å². The molecule has 0 unspecified atom stereocenters. The number of rotatable bonds is 9. The van der Waals surface area contributed by atoms with E-state index in [-0.39, 0.29) is 29.4 Å². The first kappa shape index (κ1) is 26.5. The molecule has 8 nitrogen and oxygen atoms in total. The number of aryl methyl sites for hydroxylation is 1. The summed E-state index contributed by atoms with van der Waals surface area (Å²) in [4.78, 5) is 12.2. The Kier molecular flexibility index (Phi) is 8.94. The predicted octanol–water partition coefficient (Wildman–Crippen LogP) is 6.21. The second-order valence-electron chi connectivity index (χ2n) is 7.55. The van der Waals surface area contributed by atoms with Crippen LogP contribution in [0.1, 0.15) is 22.8 Å². The number of nitrogens with zero attached hydrogens (tertiary/aromatic N) is 4. The third-order valence-electron chi connectivity index (χ3n) is 4.97. The molecule has 2 aromatic carbocycles. The lowest BCUT2D eigenvalue weighted by Crippen LogP contribution is -2.19. The minimum absolute atomic E-state index is 0.0338. The Balaban J connectivity index is 1.27. The molecule has 0 radical (unpaired) electrons. The molecule has 0 aliphatic heterocycles. The monoisotopic (exact) mass is 655 g/mol. The summed E-state index contributed by atoms with van der Waals surface area (Å²) in [5, 5.41) is 13.1. The van der Waals surface area contributed by atoms with Crippen molar-refractivity contribution in [3.05, 3.63) is 85.0 Å². The molecule has 0 fully saturated rings. The van der Waals surface area contributed by atoms with Crippen molar-refractivity contribution in [2.75, 3.05) is 5.75 Å². The number of halogens is 3. The third-order valence-corrected chi connectivity index (χ3v) is 7.04. The first-order valence-electron chi connectivity index (χ1n) is 10.6. The first-order chi connectivity index (χ1) is 17.3. The number of hydrogen-bond acceptors (Lipinski definition) is 7. The summed E-state index contributed by atoms with van der Waals surface area (Å²) in [6.07, 6.45) is 1.64. The van der Waals surface area contributed by atoms with E-state index in [4.69, 9.17) is 32.4 Å². The molecule has 36 heavy (non-hydrogen) atoms. The number of hydrazone groups is 1. The predicted molar refractivity (Wildman–Crippen MR) is 150 cm³/mol. The van der Waals surface area contributed by atoms with Gasteiger partial charge in [-0.1, -0.05) is 35.0 Å². The number of amides is 1. The number of benzene rings is 2. The highest BCUT2D eigenvalue weighted by atomic mass is 127. The molecule has 1 N–H and O–H groups in total. The molecule has 0 saturated carbocycles. The topological polar surface area (TPSA) is 94.5 Å². The number of nitrogens with one attached hydrogen (secondary N) is 1. The Morgan fingerprint density at radius 3 is 2.72 bits per heavy atom. The van der Waals surface area contributed by atoms with Crippen LogP contribution in [-0.2, 0) is 11.4 Å². The van der Waals surface area contributed by atoms with Crippen LogP contribution in [-0.4, -0.2) is 32.6 Å². The average Bonchev–Trinajstić information content (AvgIpc) is 3.41. The fourth-order valence-corrected chi connectivity index (χ4v) is 4.72. The molecule has 0 saturated heterocycles. The SMILES string of the molecule is Cc1cc(/C=N\NC(=O)CSc2nnc(COc3ccc(Cl)cc3Cl)o2)c(C)n1-c1ccc(I)cc1. The molecule has 186 valence electrons. The molecular weight excluding hydrogens is 636 g/mol. The average molecular weight is 656 g/mol. The van der Waals surface area contributed by atoms with Gasteiger partial charge in [-0.3, -0.25) is 4.79 Å².